The molecule has 1 aromatic heterocycles. The van der Waals surface area contributed by atoms with Crippen LogP contribution in [-0.2, 0) is 26.4 Å². The van der Waals surface area contributed by atoms with Gasteiger partial charge in [-0.15, -0.1) is 0 Å². The van der Waals surface area contributed by atoms with E-state index in [4.69, 9.17) is 4.74 Å². The molecular formula is C24H34N4O2. The van der Waals surface area contributed by atoms with Crippen molar-refractivity contribution in [2.24, 2.45) is 7.05 Å². The van der Waals surface area contributed by atoms with Crippen LogP contribution in [0.2, 0.25) is 0 Å². The first kappa shape index (κ1) is 20.9. The number of aryl methyl sites for hydroxylation is 2. The van der Waals surface area contributed by atoms with Gasteiger partial charge >= 0.3 is 0 Å². The average Bonchev–Trinajstić information content (AvgIpc) is 3.40. The molecule has 1 amide bonds. The van der Waals surface area contributed by atoms with E-state index in [1.165, 1.54) is 24.1 Å². The fourth-order valence-electron chi connectivity index (χ4n) is 4.85. The molecule has 30 heavy (non-hydrogen) atoms. The summed E-state index contributed by atoms with van der Waals surface area (Å²) in [6.45, 7) is 4.11. The van der Waals surface area contributed by atoms with Gasteiger partial charge in [0.25, 0.3) is 5.91 Å². The lowest BCUT2D eigenvalue weighted by Gasteiger charge is -2.33. The molecule has 1 unspecified atom stereocenters. The van der Waals surface area contributed by atoms with Crippen molar-refractivity contribution in [3.05, 3.63) is 46.8 Å². The molecule has 2 aromatic rings. The van der Waals surface area contributed by atoms with Crippen molar-refractivity contribution in [3.63, 3.8) is 0 Å². The summed E-state index contributed by atoms with van der Waals surface area (Å²) in [6.07, 6.45) is 7.69. The van der Waals surface area contributed by atoms with E-state index in [2.05, 4.69) is 34.4 Å². The molecule has 1 saturated carbocycles. The van der Waals surface area contributed by atoms with Gasteiger partial charge in [0.15, 0.2) is 5.69 Å². The summed E-state index contributed by atoms with van der Waals surface area (Å²) in [5, 5.41) is 7.82. The van der Waals surface area contributed by atoms with Gasteiger partial charge < -0.3 is 10.1 Å². The number of carbonyl (C=O) groups is 1. The van der Waals surface area contributed by atoms with Gasteiger partial charge in [0, 0.05) is 49.9 Å². The van der Waals surface area contributed by atoms with Crippen LogP contribution in [0.3, 0.4) is 0 Å². The van der Waals surface area contributed by atoms with Gasteiger partial charge in [-0.05, 0) is 50.3 Å². The van der Waals surface area contributed by atoms with Crippen molar-refractivity contribution in [2.45, 2.75) is 70.5 Å². The molecule has 0 bridgehead atoms. The van der Waals surface area contributed by atoms with E-state index in [1.807, 2.05) is 23.9 Å². The maximum Gasteiger partial charge on any atom is 0.272 e. The smallest absolute Gasteiger partial charge is 0.272 e. The van der Waals surface area contributed by atoms with Crippen LogP contribution in [0.15, 0.2) is 24.3 Å². The predicted octanol–water partition coefficient (Wildman–Crippen LogP) is 3.48. The lowest BCUT2D eigenvalue weighted by Crippen LogP contribution is -2.39. The van der Waals surface area contributed by atoms with Crippen molar-refractivity contribution in [1.82, 2.24) is 20.0 Å². The molecule has 4 rings (SSSR count). The molecule has 1 aliphatic heterocycles. The van der Waals surface area contributed by atoms with Gasteiger partial charge in [0.1, 0.15) is 5.75 Å². The summed E-state index contributed by atoms with van der Waals surface area (Å²) in [5.74, 6) is 0.904. The molecule has 1 aromatic carbocycles. The summed E-state index contributed by atoms with van der Waals surface area (Å²) in [6, 6.07) is 9.11. The second-order valence-electron chi connectivity index (χ2n) is 8.81. The molecular weight excluding hydrogens is 376 g/mol. The number of nitrogens with one attached hydrogen (secondary N) is 1. The normalized spacial score (nSPS) is 18.2. The molecule has 2 aliphatic rings. The van der Waals surface area contributed by atoms with Gasteiger partial charge in [-0.25, -0.2) is 0 Å². The van der Waals surface area contributed by atoms with Gasteiger partial charge in [0.05, 0.1) is 7.11 Å². The number of hydrogen-bond acceptors (Lipinski definition) is 4. The van der Waals surface area contributed by atoms with E-state index in [0.29, 0.717) is 17.8 Å². The number of rotatable bonds is 7. The predicted molar refractivity (Wildman–Crippen MR) is 118 cm³/mol. The molecule has 6 nitrogen and oxygen atoms in total. The van der Waals surface area contributed by atoms with Gasteiger partial charge in [-0.3, -0.25) is 14.4 Å². The Bertz CT molecular complexity index is 868. The summed E-state index contributed by atoms with van der Waals surface area (Å²) < 4.78 is 7.16. The van der Waals surface area contributed by atoms with E-state index in [0.717, 1.165) is 56.5 Å². The maximum absolute atomic E-state index is 12.9. The number of fused-ring (bicyclic) bond motifs is 1. The van der Waals surface area contributed by atoms with Crippen molar-refractivity contribution in [1.29, 1.82) is 0 Å². The lowest BCUT2D eigenvalue weighted by molar-refractivity contribution is 0.0928. The molecule has 1 N–H and O–H groups in total. The molecule has 1 aliphatic carbocycles. The van der Waals surface area contributed by atoms with E-state index in [9.17, 15) is 4.79 Å². The number of methoxy groups -OCH3 is 1. The highest BCUT2D eigenvalue weighted by Gasteiger charge is 2.30. The van der Waals surface area contributed by atoms with Crippen molar-refractivity contribution < 1.29 is 9.53 Å². The van der Waals surface area contributed by atoms with Crippen molar-refractivity contribution in [2.75, 3.05) is 13.7 Å². The zero-order valence-electron chi connectivity index (χ0n) is 18.5. The first-order valence-corrected chi connectivity index (χ1v) is 11.3. The number of amides is 1. The number of ether oxygens (including phenoxy) is 1. The monoisotopic (exact) mass is 410 g/mol. The zero-order valence-corrected chi connectivity index (χ0v) is 18.5. The number of benzene rings is 1. The van der Waals surface area contributed by atoms with Crippen LogP contribution in [0.1, 0.15) is 66.3 Å². The Balaban J connectivity index is 1.39. The maximum atomic E-state index is 12.9. The summed E-state index contributed by atoms with van der Waals surface area (Å²) in [7, 11) is 3.66. The summed E-state index contributed by atoms with van der Waals surface area (Å²) in [4.78, 5) is 15.4. The largest absolute Gasteiger partial charge is 0.497 e. The Morgan fingerprint density at radius 1 is 1.27 bits per heavy atom. The highest BCUT2D eigenvalue weighted by atomic mass is 16.5. The molecule has 0 spiro atoms. The van der Waals surface area contributed by atoms with E-state index < -0.39 is 0 Å². The fourth-order valence-corrected chi connectivity index (χ4v) is 4.85. The number of aromatic nitrogens is 2. The standard InChI is InChI=1S/C24H34N4O2/c1-17(8-9-18-10-12-20(30-3)13-11-18)28-15-14-22-21(16-28)23(26-27(22)2)24(29)25-19-6-4-5-7-19/h10-13,17,19H,4-9,14-16H2,1-3H3,(H,25,29). The molecule has 0 radical (unpaired) electrons. The highest BCUT2D eigenvalue weighted by molar-refractivity contribution is 5.94. The Hall–Kier alpha value is -2.34. The van der Waals surface area contributed by atoms with Crippen LogP contribution in [0.5, 0.6) is 5.75 Å². The molecule has 162 valence electrons. The van der Waals surface area contributed by atoms with E-state index in [1.54, 1.807) is 7.11 Å². The molecule has 6 heteroatoms. The quantitative estimate of drug-likeness (QED) is 0.759. The Morgan fingerprint density at radius 2 is 2.00 bits per heavy atom. The average molecular weight is 411 g/mol. The first-order valence-electron chi connectivity index (χ1n) is 11.3. The minimum Gasteiger partial charge on any atom is -0.497 e. The molecule has 1 atom stereocenters. The van der Waals surface area contributed by atoms with E-state index >= 15 is 0 Å². The van der Waals surface area contributed by atoms with Crippen LogP contribution < -0.4 is 10.1 Å². The van der Waals surface area contributed by atoms with Crippen LogP contribution in [-0.4, -0.2) is 46.3 Å². The molecule has 2 heterocycles. The van der Waals surface area contributed by atoms with Crippen molar-refractivity contribution >= 4 is 5.91 Å². The topological polar surface area (TPSA) is 59.4 Å². The highest BCUT2D eigenvalue weighted by Crippen LogP contribution is 2.26. The van der Waals surface area contributed by atoms with Crippen LogP contribution in [0, 0.1) is 0 Å². The minimum atomic E-state index is 0.00601. The first-order chi connectivity index (χ1) is 14.5. The SMILES string of the molecule is COc1ccc(CCC(C)N2CCc3c(c(C(=O)NC4CCCC4)nn3C)C2)cc1. The third-order valence-electron chi connectivity index (χ3n) is 6.81. The summed E-state index contributed by atoms with van der Waals surface area (Å²) >= 11 is 0. The third-order valence-corrected chi connectivity index (χ3v) is 6.81. The zero-order chi connectivity index (χ0) is 21.1. The lowest BCUT2D eigenvalue weighted by atomic mass is 10.00. The number of nitrogens with zero attached hydrogens (tertiary/aromatic N) is 3. The van der Waals surface area contributed by atoms with Gasteiger partial charge in [0.2, 0.25) is 0 Å². The molecule has 0 saturated heterocycles. The van der Waals surface area contributed by atoms with Crippen LogP contribution in [0.25, 0.3) is 0 Å². The van der Waals surface area contributed by atoms with Gasteiger partial charge in [-0.2, -0.15) is 5.10 Å². The Labute approximate surface area is 179 Å². The Morgan fingerprint density at radius 3 is 2.70 bits per heavy atom. The minimum absolute atomic E-state index is 0.00601. The van der Waals surface area contributed by atoms with Crippen LogP contribution in [0.4, 0.5) is 0 Å². The number of hydrogen-bond donors (Lipinski definition) is 1. The summed E-state index contributed by atoms with van der Waals surface area (Å²) in [5.41, 5.74) is 4.30. The second kappa shape index (κ2) is 9.21. The number of carbonyl (C=O) groups excluding carboxylic acids is 1. The van der Waals surface area contributed by atoms with Crippen LogP contribution >= 0.6 is 0 Å². The Kier molecular flexibility index (Phi) is 6.42. The molecule has 1 fully saturated rings. The second-order valence-corrected chi connectivity index (χ2v) is 8.81. The fraction of sp³-hybridized carbons (Fsp3) is 0.583. The van der Waals surface area contributed by atoms with Crippen molar-refractivity contribution in [3.8, 4) is 5.75 Å². The van der Waals surface area contributed by atoms with E-state index in [-0.39, 0.29) is 5.91 Å². The van der Waals surface area contributed by atoms with Gasteiger partial charge in [-0.1, -0.05) is 25.0 Å². The third kappa shape index (κ3) is 4.53.